The molecule has 0 amide bonds. The molecule has 0 aliphatic carbocycles. The van der Waals surface area contributed by atoms with Crippen molar-refractivity contribution >= 4 is 67.6 Å². The molecule has 5 aromatic rings. The molecule has 1 aromatic heterocycles. The Balaban J connectivity index is 1.85. The number of fused-ring (bicyclic) bond motifs is 3. The van der Waals surface area contributed by atoms with Crippen molar-refractivity contribution in [1.29, 1.82) is 0 Å². The fourth-order valence-electron chi connectivity index (χ4n) is 4.71. The van der Waals surface area contributed by atoms with Crippen LogP contribution in [0.5, 0.6) is 5.75 Å². The number of aromatic nitrogens is 1. The Bertz CT molecular complexity index is 1620. The molecule has 0 N–H and O–H groups in total. The fraction of sp³-hybridized carbons (Fsp3) is 0.200. The molecular weight excluding hydrogens is 551 g/mol. The van der Waals surface area contributed by atoms with Gasteiger partial charge in [-0.25, -0.2) is 4.74 Å². The van der Waals surface area contributed by atoms with Crippen molar-refractivity contribution in [3.8, 4) is 5.75 Å². The number of halogens is 2. The molecule has 0 bridgehead atoms. The van der Waals surface area contributed by atoms with Crippen LogP contribution in [0.3, 0.4) is 0 Å². The topological polar surface area (TPSA) is 26.5 Å². The minimum Gasteiger partial charge on any atom is -0.455 e. The highest BCUT2D eigenvalue weighted by Crippen LogP contribution is 2.62. The van der Waals surface area contributed by atoms with Crippen molar-refractivity contribution in [2.45, 2.75) is 39.4 Å². The van der Waals surface area contributed by atoms with E-state index in [0.717, 1.165) is 27.8 Å². The third kappa shape index (κ3) is 4.41. The van der Waals surface area contributed by atoms with Crippen LogP contribution in [0.4, 0.5) is 5.69 Å². The summed E-state index contributed by atoms with van der Waals surface area (Å²) in [5.41, 5.74) is 3.20. The van der Waals surface area contributed by atoms with Gasteiger partial charge >= 0.3 is 0 Å². The second kappa shape index (κ2) is 9.74. The Morgan fingerprint density at radius 2 is 1.53 bits per heavy atom. The maximum absolute atomic E-state index is 7.02. The fourth-order valence-corrected chi connectivity index (χ4v) is 8.31. The van der Waals surface area contributed by atoms with Crippen molar-refractivity contribution < 1.29 is 4.52 Å². The molecule has 5 rings (SSSR count). The number of nitrogens with zero attached hydrogens (tertiary/aromatic N) is 2. The molecule has 6 heteroatoms. The first-order valence-corrected chi connectivity index (χ1v) is 14.9. The van der Waals surface area contributed by atoms with Gasteiger partial charge in [-0.3, -0.25) is 0 Å². The molecule has 1 heterocycles. The molecule has 1 unspecified atom stereocenters. The van der Waals surface area contributed by atoms with Gasteiger partial charge in [0.05, 0.1) is 10.7 Å². The lowest BCUT2D eigenvalue weighted by molar-refractivity contribution is 0.571. The number of benzene rings is 4. The van der Waals surface area contributed by atoms with Crippen LogP contribution >= 0.6 is 34.8 Å². The monoisotopic (exact) mass is 578 g/mol. The number of hydrogen-bond donors (Lipinski definition) is 0. The van der Waals surface area contributed by atoms with Gasteiger partial charge in [0.25, 0.3) is 0 Å². The van der Waals surface area contributed by atoms with E-state index in [2.05, 4.69) is 90.7 Å². The van der Waals surface area contributed by atoms with Gasteiger partial charge in [0.15, 0.2) is 7.28 Å². The average molecular weight is 580 g/mol. The molecule has 36 heavy (non-hydrogen) atoms. The van der Waals surface area contributed by atoms with Gasteiger partial charge in [0.2, 0.25) is 0 Å². The van der Waals surface area contributed by atoms with E-state index in [-0.39, 0.29) is 5.16 Å². The van der Waals surface area contributed by atoms with Crippen LogP contribution in [0.25, 0.3) is 21.8 Å². The predicted octanol–water partition coefficient (Wildman–Crippen LogP) is 10.2. The zero-order valence-corrected chi connectivity index (χ0v) is 24.1. The van der Waals surface area contributed by atoms with Crippen molar-refractivity contribution in [3.05, 3.63) is 100 Å². The van der Waals surface area contributed by atoms with Gasteiger partial charge in [-0.15, -0.1) is 0 Å². The maximum atomic E-state index is 7.02. The van der Waals surface area contributed by atoms with Gasteiger partial charge in [0.1, 0.15) is 5.75 Å². The third-order valence-corrected chi connectivity index (χ3v) is 11.1. The lowest BCUT2D eigenvalue weighted by Gasteiger charge is -2.37. The van der Waals surface area contributed by atoms with Gasteiger partial charge in [0, 0.05) is 43.3 Å². The molecule has 1 atom stereocenters. The summed E-state index contributed by atoms with van der Waals surface area (Å²) in [7, 11) is -2.68. The molecule has 4 aromatic carbocycles. The SMILES string of the molecule is CCn1c2ccccc2c2cc(P(=Nc3ccccc3Cl)(Oc3ccc(Br)cc3)C(C)(C)C)ccc21. The smallest absolute Gasteiger partial charge is 0.173 e. The number of para-hydroxylation sites is 1. The highest BCUT2D eigenvalue weighted by atomic mass is 79.9. The molecule has 0 spiro atoms. The average Bonchev–Trinajstić information content (AvgIpc) is 3.18. The van der Waals surface area contributed by atoms with Gasteiger partial charge in [-0.2, -0.15) is 0 Å². The quantitative estimate of drug-likeness (QED) is 0.190. The predicted molar refractivity (Wildman–Crippen MR) is 160 cm³/mol. The van der Waals surface area contributed by atoms with Crippen molar-refractivity contribution in [2.24, 2.45) is 4.74 Å². The zero-order chi connectivity index (χ0) is 25.5. The molecule has 0 aliphatic heterocycles. The van der Waals surface area contributed by atoms with Crippen molar-refractivity contribution in [3.63, 3.8) is 0 Å². The summed E-state index contributed by atoms with van der Waals surface area (Å²) in [5.74, 6) is 0.786. The third-order valence-electron chi connectivity index (χ3n) is 6.48. The van der Waals surface area contributed by atoms with E-state index in [1.54, 1.807) is 0 Å². The molecule has 0 aliphatic rings. The molecule has 3 nitrogen and oxygen atoms in total. The number of hydrogen-bond acceptors (Lipinski definition) is 2. The van der Waals surface area contributed by atoms with E-state index < -0.39 is 7.28 Å². The largest absolute Gasteiger partial charge is 0.455 e. The number of rotatable bonds is 5. The van der Waals surface area contributed by atoms with Crippen LogP contribution in [-0.2, 0) is 6.54 Å². The van der Waals surface area contributed by atoms with Crippen molar-refractivity contribution in [1.82, 2.24) is 4.57 Å². The van der Waals surface area contributed by atoms with E-state index in [1.165, 1.54) is 21.8 Å². The van der Waals surface area contributed by atoms with E-state index >= 15 is 0 Å². The van der Waals surface area contributed by atoms with Crippen LogP contribution in [0, 0.1) is 0 Å². The van der Waals surface area contributed by atoms with Gasteiger partial charge < -0.3 is 9.09 Å². The molecule has 0 radical (unpaired) electrons. The van der Waals surface area contributed by atoms with Crippen LogP contribution in [0.2, 0.25) is 5.02 Å². The minimum atomic E-state index is -2.68. The molecule has 0 saturated heterocycles. The summed E-state index contributed by atoms with van der Waals surface area (Å²) < 4.78 is 15.8. The Morgan fingerprint density at radius 1 is 0.861 bits per heavy atom. The lowest BCUT2D eigenvalue weighted by Crippen LogP contribution is -2.27. The Hall–Kier alpha value is -2.52. The second-order valence-electron chi connectivity index (χ2n) is 9.81. The van der Waals surface area contributed by atoms with Crippen LogP contribution < -0.4 is 9.83 Å². The zero-order valence-electron chi connectivity index (χ0n) is 20.9. The molecule has 0 saturated carbocycles. The molecule has 184 valence electrons. The molecule has 0 fully saturated rings. The van der Waals surface area contributed by atoms with E-state index in [1.807, 2.05) is 48.5 Å². The number of aryl methyl sites for hydroxylation is 1. The first kappa shape index (κ1) is 25.1. The highest BCUT2D eigenvalue weighted by Gasteiger charge is 2.39. The normalized spacial score (nSPS) is 13.6. The van der Waals surface area contributed by atoms with E-state index in [9.17, 15) is 0 Å². The van der Waals surface area contributed by atoms with E-state index in [0.29, 0.717) is 5.02 Å². The Labute approximate surface area is 226 Å². The Morgan fingerprint density at radius 3 is 2.22 bits per heavy atom. The standard InChI is InChI=1S/C30H29BrClN2OP/c1-5-34-28-13-9-6-10-24(28)25-20-23(18-19-29(25)34)36(30(2,3)4,33-27-12-8-7-11-26(27)32)35-22-16-14-21(31)15-17-22/h6-20H,5H2,1-4H3. The first-order chi connectivity index (χ1) is 17.2. The van der Waals surface area contributed by atoms with Gasteiger partial charge in [-0.1, -0.05) is 78.6 Å². The van der Waals surface area contributed by atoms with Gasteiger partial charge in [-0.05, 0) is 67.6 Å². The summed E-state index contributed by atoms with van der Waals surface area (Å²) in [4.78, 5) is 0. The Kier molecular flexibility index (Phi) is 6.80. The van der Waals surface area contributed by atoms with Crippen LogP contribution in [0.1, 0.15) is 27.7 Å². The second-order valence-corrected chi connectivity index (χ2v) is 14.5. The summed E-state index contributed by atoms with van der Waals surface area (Å²) >= 11 is 10.2. The van der Waals surface area contributed by atoms with E-state index in [4.69, 9.17) is 20.9 Å². The summed E-state index contributed by atoms with van der Waals surface area (Å²) in [6.45, 7) is 9.72. The summed E-state index contributed by atoms with van der Waals surface area (Å²) in [6.07, 6.45) is 0. The maximum Gasteiger partial charge on any atom is 0.173 e. The first-order valence-electron chi connectivity index (χ1n) is 12.1. The summed E-state index contributed by atoms with van der Waals surface area (Å²) in [5, 5.41) is 3.85. The van der Waals surface area contributed by atoms with Crippen LogP contribution in [0.15, 0.2) is 100 Å². The lowest BCUT2D eigenvalue weighted by atomic mass is 10.1. The summed E-state index contributed by atoms with van der Waals surface area (Å²) in [6, 6.07) is 31.1. The minimum absolute atomic E-state index is 0.309. The molecular formula is C30H29BrClN2OP. The van der Waals surface area contributed by atoms with Crippen LogP contribution in [-0.4, -0.2) is 9.72 Å². The highest BCUT2D eigenvalue weighted by molar-refractivity contribution is 9.10. The van der Waals surface area contributed by atoms with Crippen molar-refractivity contribution in [2.75, 3.05) is 0 Å².